The molecule has 0 radical (unpaired) electrons. The maximum atomic E-state index is 12.3. The molecule has 1 aliphatic rings. The van der Waals surface area contributed by atoms with Crippen molar-refractivity contribution in [3.8, 4) is 0 Å². The highest BCUT2D eigenvalue weighted by Gasteiger charge is 2.18. The van der Waals surface area contributed by atoms with Gasteiger partial charge in [0, 0.05) is 25.4 Å². The van der Waals surface area contributed by atoms with Crippen molar-refractivity contribution >= 4 is 17.7 Å². The summed E-state index contributed by atoms with van der Waals surface area (Å²) in [4.78, 5) is 14.3. The molecule has 2 heterocycles. The Hall–Kier alpha value is -1.82. The Morgan fingerprint density at radius 2 is 2.13 bits per heavy atom. The molecule has 0 N–H and O–H groups in total. The summed E-state index contributed by atoms with van der Waals surface area (Å²) in [6.45, 7) is 3.98. The first-order valence-corrected chi connectivity index (χ1v) is 8.88. The van der Waals surface area contributed by atoms with Crippen LogP contribution in [-0.4, -0.2) is 38.7 Å². The third-order valence-corrected chi connectivity index (χ3v) is 5.39. The molecule has 0 bridgehead atoms. The zero-order valence-corrected chi connectivity index (χ0v) is 14.4. The zero-order chi connectivity index (χ0) is 16.2. The molecule has 0 aliphatic carbocycles. The summed E-state index contributed by atoms with van der Waals surface area (Å²) in [6.07, 6.45) is 4.48. The van der Waals surface area contributed by atoms with Crippen molar-refractivity contribution in [3.05, 3.63) is 41.7 Å². The molecule has 0 saturated carbocycles. The van der Waals surface area contributed by atoms with Crippen molar-refractivity contribution in [2.75, 3.05) is 13.1 Å². The molecule has 2 aromatic rings. The fourth-order valence-electron chi connectivity index (χ4n) is 2.81. The molecule has 1 amide bonds. The van der Waals surface area contributed by atoms with Crippen molar-refractivity contribution in [2.24, 2.45) is 7.05 Å². The Morgan fingerprint density at radius 3 is 2.83 bits per heavy atom. The average Bonchev–Trinajstić information content (AvgIpc) is 3.20. The predicted molar refractivity (Wildman–Crippen MR) is 91.2 cm³/mol. The fraction of sp³-hybridized carbons (Fsp3) is 0.471. The van der Waals surface area contributed by atoms with Crippen LogP contribution in [0.2, 0.25) is 0 Å². The molecule has 5 nitrogen and oxygen atoms in total. The van der Waals surface area contributed by atoms with E-state index in [0.29, 0.717) is 6.42 Å². The lowest BCUT2D eigenvalue weighted by atomic mass is 10.1. The fourth-order valence-corrected chi connectivity index (χ4v) is 3.72. The smallest absolute Gasteiger partial charge is 0.226 e. The minimum absolute atomic E-state index is 0.244. The Balaban J connectivity index is 1.66. The number of hydrogen-bond acceptors (Lipinski definition) is 4. The lowest BCUT2D eigenvalue weighted by molar-refractivity contribution is -0.129. The van der Waals surface area contributed by atoms with Gasteiger partial charge >= 0.3 is 0 Å². The largest absolute Gasteiger partial charge is 0.342 e. The number of likely N-dealkylation sites (tertiary alicyclic amines) is 1. The number of amides is 1. The number of carbonyl (C=O) groups excluding carboxylic acids is 1. The molecule has 0 unspecified atom stereocenters. The predicted octanol–water partition coefficient (Wildman–Crippen LogP) is 2.83. The van der Waals surface area contributed by atoms with Crippen LogP contribution in [0.15, 0.2) is 35.7 Å². The minimum Gasteiger partial charge on any atom is -0.342 e. The third-order valence-electron chi connectivity index (χ3n) is 4.19. The Kier molecular flexibility index (Phi) is 5.00. The van der Waals surface area contributed by atoms with Crippen LogP contribution in [0.3, 0.4) is 0 Å². The van der Waals surface area contributed by atoms with Crippen molar-refractivity contribution in [3.63, 3.8) is 0 Å². The number of nitrogens with zero attached hydrogens (tertiary/aromatic N) is 4. The van der Waals surface area contributed by atoms with E-state index in [9.17, 15) is 4.79 Å². The van der Waals surface area contributed by atoms with Crippen LogP contribution in [0.5, 0.6) is 0 Å². The Morgan fingerprint density at radius 1 is 1.35 bits per heavy atom. The van der Waals surface area contributed by atoms with Crippen LogP contribution in [-0.2, 0) is 18.3 Å². The van der Waals surface area contributed by atoms with E-state index in [1.54, 1.807) is 18.1 Å². The monoisotopic (exact) mass is 330 g/mol. The molecule has 1 atom stereocenters. The second kappa shape index (κ2) is 7.17. The molecule has 1 aromatic heterocycles. The summed E-state index contributed by atoms with van der Waals surface area (Å²) in [5.74, 6) is 0.244. The van der Waals surface area contributed by atoms with Gasteiger partial charge < -0.3 is 9.47 Å². The molecule has 1 aromatic carbocycles. The number of benzene rings is 1. The third kappa shape index (κ3) is 3.93. The van der Waals surface area contributed by atoms with E-state index in [-0.39, 0.29) is 11.2 Å². The van der Waals surface area contributed by atoms with Gasteiger partial charge in [-0.25, -0.2) is 0 Å². The zero-order valence-electron chi connectivity index (χ0n) is 13.6. The lowest BCUT2D eigenvalue weighted by Gasteiger charge is -2.16. The van der Waals surface area contributed by atoms with Gasteiger partial charge in [0.25, 0.3) is 0 Å². The van der Waals surface area contributed by atoms with E-state index in [2.05, 4.69) is 29.3 Å². The molecule has 0 spiro atoms. The molecule has 3 rings (SSSR count). The van der Waals surface area contributed by atoms with Gasteiger partial charge in [-0.3, -0.25) is 4.79 Å². The highest BCUT2D eigenvalue weighted by atomic mass is 32.2. The molecule has 1 aliphatic heterocycles. The van der Waals surface area contributed by atoms with E-state index in [1.807, 2.05) is 28.6 Å². The number of rotatable bonds is 5. The van der Waals surface area contributed by atoms with Crippen LogP contribution >= 0.6 is 11.8 Å². The number of thioether (sulfide) groups is 1. The van der Waals surface area contributed by atoms with Crippen molar-refractivity contribution < 1.29 is 4.79 Å². The molecule has 6 heteroatoms. The summed E-state index contributed by atoms with van der Waals surface area (Å²) in [5, 5.41) is 9.19. The molecule has 122 valence electrons. The lowest BCUT2D eigenvalue weighted by Crippen LogP contribution is -2.29. The van der Waals surface area contributed by atoms with Crippen LogP contribution in [0.25, 0.3) is 0 Å². The van der Waals surface area contributed by atoms with Crippen LogP contribution < -0.4 is 0 Å². The van der Waals surface area contributed by atoms with E-state index >= 15 is 0 Å². The SMILES string of the molecule is C[C@H](Sc1nncn1C)c1cccc(CC(=O)N2CCCC2)c1. The molecule has 23 heavy (non-hydrogen) atoms. The highest BCUT2D eigenvalue weighted by Crippen LogP contribution is 2.33. The van der Waals surface area contributed by atoms with Gasteiger partial charge in [-0.15, -0.1) is 10.2 Å². The van der Waals surface area contributed by atoms with Gasteiger partial charge in [-0.1, -0.05) is 36.0 Å². The van der Waals surface area contributed by atoms with E-state index in [4.69, 9.17) is 0 Å². The minimum atomic E-state index is 0.244. The van der Waals surface area contributed by atoms with Gasteiger partial charge in [0.1, 0.15) is 6.33 Å². The molecule has 1 saturated heterocycles. The molecular formula is C17H22N4OS. The molecule has 1 fully saturated rings. The van der Waals surface area contributed by atoms with Gasteiger partial charge in [0.2, 0.25) is 5.91 Å². The second-order valence-corrected chi connectivity index (χ2v) is 7.30. The van der Waals surface area contributed by atoms with Gasteiger partial charge in [-0.2, -0.15) is 0 Å². The van der Waals surface area contributed by atoms with Gasteiger partial charge in [0.15, 0.2) is 5.16 Å². The Labute approximate surface area is 141 Å². The Bertz CT molecular complexity index is 679. The van der Waals surface area contributed by atoms with E-state index in [1.165, 1.54) is 5.56 Å². The van der Waals surface area contributed by atoms with Crippen LogP contribution in [0.1, 0.15) is 36.1 Å². The van der Waals surface area contributed by atoms with E-state index in [0.717, 1.165) is 36.7 Å². The first-order valence-electron chi connectivity index (χ1n) is 8.01. The first-order chi connectivity index (χ1) is 11.1. The number of hydrogen-bond donors (Lipinski definition) is 0. The summed E-state index contributed by atoms with van der Waals surface area (Å²) in [6, 6.07) is 8.33. The maximum absolute atomic E-state index is 12.3. The topological polar surface area (TPSA) is 51.0 Å². The van der Waals surface area contributed by atoms with Crippen molar-refractivity contribution in [1.29, 1.82) is 0 Å². The normalized spacial score (nSPS) is 15.8. The summed E-state index contributed by atoms with van der Waals surface area (Å²) in [5.41, 5.74) is 2.30. The molecular weight excluding hydrogens is 308 g/mol. The van der Waals surface area contributed by atoms with Crippen LogP contribution in [0, 0.1) is 0 Å². The average molecular weight is 330 g/mol. The quantitative estimate of drug-likeness (QED) is 0.791. The van der Waals surface area contributed by atoms with E-state index < -0.39 is 0 Å². The van der Waals surface area contributed by atoms with Gasteiger partial charge in [0.05, 0.1) is 6.42 Å². The summed E-state index contributed by atoms with van der Waals surface area (Å²) >= 11 is 1.68. The highest BCUT2D eigenvalue weighted by molar-refractivity contribution is 7.99. The summed E-state index contributed by atoms with van der Waals surface area (Å²) < 4.78 is 1.92. The maximum Gasteiger partial charge on any atom is 0.226 e. The first kappa shape index (κ1) is 16.1. The van der Waals surface area contributed by atoms with Crippen molar-refractivity contribution in [1.82, 2.24) is 19.7 Å². The van der Waals surface area contributed by atoms with Crippen LogP contribution in [0.4, 0.5) is 0 Å². The number of aryl methyl sites for hydroxylation is 1. The van der Waals surface area contributed by atoms with Crippen molar-refractivity contribution in [2.45, 2.75) is 36.6 Å². The number of carbonyl (C=O) groups is 1. The van der Waals surface area contributed by atoms with Gasteiger partial charge in [-0.05, 0) is 30.9 Å². The summed E-state index contributed by atoms with van der Waals surface area (Å²) in [7, 11) is 1.94. The standard InChI is InChI=1S/C17H22N4OS/c1-13(23-17-19-18-12-20(17)2)15-7-5-6-14(10-15)11-16(22)21-8-3-4-9-21/h5-7,10,12-13H,3-4,8-9,11H2,1-2H3/t13-/m0/s1. The number of aromatic nitrogens is 3. The second-order valence-electron chi connectivity index (χ2n) is 5.99.